The highest BCUT2D eigenvalue weighted by Crippen LogP contribution is 2.29. The van der Waals surface area contributed by atoms with Crippen molar-refractivity contribution in [3.63, 3.8) is 0 Å². The number of hydrogen-bond donors (Lipinski definition) is 0. The zero-order valence-electron chi connectivity index (χ0n) is 15.9. The summed E-state index contributed by atoms with van der Waals surface area (Å²) in [6.45, 7) is 3.68. The third kappa shape index (κ3) is 5.23. The van der Waals surface area contributed by atoms with Crippen molar-refractivity contribution < 1.29 is 22.8 Å². The molecule has 1 unspecified atom stereocenters. The topological polar surface area (TPSA) is 67.7 Å². The van der Waals surface area contributed by atoms with Gasteiger partial charge in [-0.15, -0.1) is 0 Å². The first-order valence-electron chi connectivity index (χ1n) is 8.97. The van der Waals surface area contributed by atoms with Gasteiger partial charge in [0.2, 0.25) is 5.91 Å². The molecular weight excluding hydrogens is 373 g/mol. The number of likely N-dealkylation sites (N-methyl/N-ethyl adjacent to an activating group) is 1. The summed E-state index contributed by atoms with van der Waals surface area (Å²) in [6, 6.07) is 6.01. The molecule has 2 amide bonds. The molecular formula is C19H23F3N4O2. The molecule has 1 atom stereocenters. The van der Waals surface area contributed by atoms with Gasteiger partial charge in [0.1, 0.15) is 0 Å². The minimum Gasteiger partial charge on any atom is -0.343 e. The number of hydrogen-bond acceptors (Lipinski definition) is 4. The van der Waals surface area contributed by atoms with Gasteiger partial charge in [-0.1, -0.05) is 6.07 Å². The number of alkyl halides is 3. The van der Waals surface area contributed by atoms with Crippen molar-refractivity contribution in [1.29, 1.82) is 5.26 Å². The van der Waals surface area contributed by atoms with Gasteiger partial charge in [0.25, 0.3) is 5.91 Å². The minimum absolute atomic E-state index is 0.00337. The number of carbonyl (C=O) groups is 2. The normalized spacial score (nSPS) is 16.4. The van der Waals surface area contributed by atoms with E-state index in [2.05, 4.69) is 0 Å². The molecule has 9 heteroatoms. The summed E-state index contributed by atoms with van der Waals surface area (Å²) < 4.78 is 38.5. The van der Waals surface area contributed by atoms with Gasteiger partial charge in [0, 0.05) is 45.3 Å². The number of halogens is 3. The van der Waals surface area contributed by atoms with Crippen LogP contribution in [-0.2, 0) is 11.0 Å². The Morgan fingerprint density at radius 1 is 1.25 bits per heavy atom. The van der Waals surface area contributed by atoms with Crippen LogP contribution in [-0.4, -0.2) is 72.3 Å². The van der Waals surface area contributed by atoms with Crippen LogP contribution in [0.5, 0.6) is 0 Å². The first-order chi connectivity index (χ1) is 13.1. The van der Waals surface area contributed by atoms with E-state index in [0.717, 1.165) is 12.1 Å². The smallest absolute Gasteiger partial charge is 0.343 e. The van der Waals surface area contributed by atoms with Crippen molar-refractivity contribution >= 4 is 11.8 Å². The fourth-order valence-corrected chi connectivity index (χ4v) is 3.13. The van der Waals surface area contributed by atoms with Gasteiger partial charge in [0.15, 0.2) is 0 Å². The molecule has 2 rings (SSSR count). The van der Waals surface area contributed by atoms with Crippen molar-refractivity contribution in [2.45, 2.75) is 25.6 Å². The van der Waals surface area contributed by atoms with E-state index in [4.69, 9.17) is 5.26 Å². The highest BCUT2D eigenvalue weighted by molar-refractivity contribution is 5.94. The Kier molecular flexibility index (Phi) is 7.02. The van der Waals surface area contributed by atoms with Gasteiger partial charge in [-0.05, 0) is 25.1 Å². The van der Waals surface area contributed by atoms with Gasteiger partial charge >= 0.3 is 6.18 Å². The van der Waals surface area contributed by atoms with Crippen LogP contribution in [0.3, 0.4) is 0 Å². The predicted octanol–water partition coefficient (Wildman–Crippen LogP) is 2.22. The summed E-state index contributed by atoms with van der Waals surface area (Å²) in [5, 5.41) is 8.62. The van der Waals surface area contributed by atoms with Crippen molar-refractivity contribution in [3.05, 3.63) is 35.4 Å². The monoisotopic (exact) mass is 396 g/mol. The number of amides is 2. The molecule has 0 N–H and O–H groups in total. The number of nitrogens with zero attached hydrogens (tertiary/aromatic N) is 4. The molecule has 1 aliphatic heterocycles. The van der Waals surface area contributed by atoms with E-state index in [-0.39, 0.29) is 17.9 Å². The summed E-state index contributed by atoms with van der Waals surface area (Å²) in [5.74, 6) is -0.552. The Balaban J connectivity index is 1.95. The quantitative estimate of drug-likeness (QED) is 0.766. The van der Waals surface area contributed by atoms with Crippen molar-refractivity contribution in [1.82, 2.24) is 14.7 Å². The summed E-state index contributed by atoms with van der Waals surface area (Å²) in [4.78, 5) is 29.9. The minimum atomic E-state index is -4.50. The Bertz CT molecular complexity index is 752. The SMILES string of the molecule is CC(C(=O)N(C)CCC#N)N1CCN(C(=O)c2cccc(C(F)(F)F)c2)CC1. The lowest BCUT2D eigenvalue weighted by Crippen LogP contribution is -2.55. The second-order valence-electron chi connectivity index (χ2n) is 6.75. The van der Waals surface area contributed by atoms with Crippen LogP contribution in [0, 0.1) is 11.3 Å². The predicted molar refractivity (Wildman–Crippen MR) is 96.2 cm³/mol. The van der Waals surface area contributed by atoms with Crippen molar-refractivity contribution in [3.8, 4) is 6.07 Å². The van der Waals surface area contributed by atoms with Crippen LogP contribution < -0.4 is 0 Å². The van der Waals surface area contributed by atoms with Crippen molar-refractivity contribution in [2.75, 3.05) is 39.8 Å². The maximum atomic E-state index is 12.8. The lowest BCUT2D eigenvalue weighted by molar-refractivity contribution is -0.137. The summed E-state index contributed by atoms with van der Waals surface area (Å²) in [7, 11) is 1.64. The van der Waals surface area contributed by atoms with Gasteiger partial charge in [-0.2, -0.15) is 18.4 Å². The van der Waals surface area contributed by atoms with Crippen LogP contribution in [0.25, 0.3) is 0 Å². The van der Waals surface area contributed by atoms with E-state index in [1.54, 1.807) is 14.0 Å². The Hall–Kier alpha value is -2.60. The van der Waals surface area contributed by atoms with Gasteiger partial charge in [-0.25, -0.2) is 0 Å². The number of carbonyl (C=O) groups excluding carboxylic acids is 2. The van der Waals surface area contributed by atoms with Crippen LogP contribution in [0.15, 0.2) is 24.3 Å². The molecule has 0 spiro atoms. The largest absolute Gasteiger partial charge is 0.416 e. The number of benzene rings is 1. The van der Waals surface area contributed by atoms with E-state index in [1.807, 2.05) is 11.0 Å². The molecule has 0 aromatic heterocycles. The highest BCUT2D eigenvalue weighted by Gasteiger charge is 2.32. The molecule has 1 saturated heterocycles. The van der Waals surface area contributed by atoms with Crippen molar-refractivity contribution in [2.24, 2.45) is 0 Å². The number of piperazine rings is 1. The molecule has 0 bridgehead atoms. The molecule has 1 aromatic carbocycles. The molecule has 1 aliphatic rings. The maximum Gasteiger partial charge on any atom is 0.416 e. The molecule has 0 aliphatic carbocycles. The molecule has 6 nitrogen and oxygen atoms in total. The first kappa shape index (κ1) is 21.7. The van der Waals surface area contributed by atoms with E-state index >= 15 is 0 Å². The van der Waals surface area contributed by atoms with Crippen LogP contribution in [0.4, 0.5) is 13.2 Å². The molecule has 1 heterocycles. The van der Waals surface area contributed by atoms with E-state index < -0.39 is 23.7 Å². The third-order valence-electron chi connectivity index (χ3n) is 4.88. The Morgan fingerprint density at radius 2 is 1.89 bits per heavy atom. The maximum absolute atomic E-state index is 12.8. The molecule has 1 fully saturated rings. The lowest BCUT2D eigenvalue weighted by Gasteiger charge is -2.38. The molecule has 152 valence electrons. The standard InChI is InChI=1S/C19H23F3N4O2/c1-14(17(27)24(2)8-4-7-23)25-9-11-26(12-10-25)18(28)15-5-3-6-16(13-15)19(20,21)22/h3,5-6,13-14H,4,8-12H2,1-2H3. The summed E-state index contributed by atoms with van der Waals surface area (Å²) in [6.07, 6.45) is -4.24. The number of rotatable bonds is 5. The summed E-state index contributed by atoms with van der Waals surface area (Å²) >= 11 is 0. The van der Waals surface area contributed by atoms with Gasteiger partial charge in [-0.3, -0.25) is 14.5 Å². The average molecular weight is 396 g/mol. The Morgan fingerprint density at radius 3 is 2.46 bits per heavy atom. The zero-order valence-corrected chi connectivity index (χ0v) is 15.9. The number of nitriles is 1. The van der Waals surface area contributed by atoms with Gasteiger partial charge in [0.05, 0.1) is 24.1 Å². The van der Waals surface area contributed by atoms with Crippen LogP contribution >= 0.6 is 0 Å². The van der Waals surface area contributed by atoms with E-state index in [0.29, 0.717) is 32.7 Å². The summed E-state index contributed by atoms with van der Waals surface area (Å²) in [5.41, 5.74) is -0.847. The zero-order chi connectivity index (χ0) is 20.9. The fraction of sp³-hybridized carbons (Fsp3) is 0.526. The fourth-order valence-electron chi connectivity index (χ4n) is 3.13. The Labute approximate surface area is 162 Å². The van der Waals surface area contributed by atoms with Gasteiger partial charge < -0.3 is 9.80 Å². The molecule has 0 saturated carbocycles. The third-order valence-corrected chi connectivity index (χ3v) is 4.88. The molecule has 1 aromatic rings. The second-order valence-corrected chi connectivity index (χ2v) is 6.75. The lowest BCUT2D eigenvalue weighted by atomic mass is 10.1. The molecule has 0 radical (unpaired) electrons. The van der Waals surface area contributed by atoms with Crippen LogP contribution in [0.2, 0.25) is 0 Å². The van der Waals surface area contributed by atoms with Crippen LogP contribution in [0.1, 0.15) is 29.3 Å². The van der Waals surface area contributed by atoms with E-state index in [1.165, 1.54) is 21.9 Å². The second kappa shape index (κ2) is 9.06. The first-order valence-corrected chi connectivity index (χ1v) is 8.97. The highest BCUT2D eigenvalue weighted by atomic mass is 19.4. The molecule has 28 heavy (non-hydrogen) atoms. The average Bonchev–Trinajstić information content (AvgIpc) is 2.69. The van der Waals surface area contributed by atoms with E-state index in [9.17, 15) is 22.8 Å².